The molecule has 1 aromatic heterocycles. The molecule has 3 nitrogen and oxygen atoms in total. The van der Waals surface area contributed by atoms with Crippen LogP contribution in [0, 0.1) is 0 Å². The van der Waals surface area contributed by atoms with E-state index in [4.69, 9.17) is 9.84 Å². The second kappa shape index (κ2) is 4.46. The van der Waals surface area contributed by atoms with E-state index in [1.54, 1.807) is 0 Å². The Hall–Kier alpha value is -1.03. The molecule has 0 aliphatic rings. The van der Waals surface area contributed by atoms with Gasteiger partial charge in [-0.05, 0) is 26.3 Å². The van der Waals surface area contributed by atoms with Crippen molar-refractivity contribution in [2.45, 2.75) is 33.3 Å². The Kier molecular flexibility index (Phi) is 3.52. The predicted molar refractivity (Wildman–Crippen MR) is 56.4 cm³/mol. The van der Waals surface area contributed by atoms with Gasteiger partial charge in [-0.3, -0.25) is 0 Å². The Morgan fingerprint density at radius 2 is 2.29 bits per heavy atom. The molecular formula is C10H14O3S. The lowest BCUT2D eigenvalue weighted by molar-refractivity contribution is 0.0696. The standard InChI is InChI=1S/C10H14O3S/c1-4-7-5-8(13-6(2)3)9(14-7)10(11)12/h5-6H,4H2,1-3H3,(H,11,12). The Bertz CT molecular complexity index is 328. The topological polar surface area (TPSA) is 46.5 Å². The number of thiophene rings is 1. The Labute approximate surface area is 87.3 Å². The number of aryl methyl sites for hydroxylation is 1. The van der Waals surface area contributed by atoms with Crippen LogP contribution in [-0.2, 0) is 6.42 Å². The predicted octanol–water partition coefficient (Wildman–Crippen LogP) is 2.80. The number of aromatic carboxylic acids is 1. The number of carbonyl (C=O) groups is 1. The average molecular weight is 214 g/mol. The molecule has 1 aromatic rings. The molecule has 1 N–H and O–H groups in total. The van der Waals surface area contributed by atoms with Crippen LogP contribution < -0.4 is 4.74 Å². The van der Waals surface area contributed by atoms with Gasteiger partial charge in [0.05, 0.1) is 6.10 Å². The van der Waals surface area contributed by atoms with E-state index >= 15 is 0 Å². The highest BCUT2D eigenvalue weighted by Gasteiger charge is 2.16. The lowest BCUT2D eigenvalue weighted by atomic mass is 10.3. The van der Waals surface area contributed by atoms with Crippen LogP contribution in [0.2, 0.25) is 0 Å². The van der Waals surface area contributed by atoms with E-state index < -0.39 is 5.97 Å². The maximum Gasteiger partial charge on any atom is 0.349 e. The first-order chi connectivity index (χ1) is 6.54. The summed E-state index contributed by atoms with van der Waals surface area (Å²) in [4.78, 5) is 12.2. The van der Waals surface area contributed by atoms with Gasteiger partial charge in [0.25, 0.3) is 0 Å². The molecule has 0 aliphatic heterocycles. The number of ether oxygens (including phenoxy) is 1. The van der Waals surface area contributed by atoms with E-state index in [2.05, 4.69) is 0 Å². The van der Waals surface area contributed by atoms with E-state index in [1.807, 2.05) is 26.8 Å². The SMILES string of the molecule is CCc1cc(OC(C)C)c(C(=O)O)s1. The molecule has 0 unspecified atom stereocenters. The first-order valence-electron chi connectivity index (χ1n) is 4.57. The largest absolute Gasteiger partial charge is 0.489 e. The van der Waals surface area contributed by atoms with Gasteiger partial charge in [-0.15, -0.1) is 11.3 Å². The summed E-state index contributed by atoms with van der Waals surface area (Å²) in [7, 11) is 0. The third-order valence-corrected chi connectivity index (χ3v) is 2.90. The van der Waals surface area contributed by atoms with Gasteiger partial charge in [0.2, 0.25) is 0 Å². The maximum atomic E-state index is 10.9. The molecule has 0 spiro atoms. The summed E-state index contributed by atoms with van der Waals surface area (Å²) in [6.07, 6.45) is 0.847. The molecule has 0 saturated heterocycles. The van der Waals surface area contributed by atoms with Crippen LogP contribution in [-0.4, -0.2) is 17.2 Å². The summed E-state index contributed by atoms with van der Waals surface area (Å²) in [6, 6.07) is 1.81. The van der Waals surface area contributed by atoms with Gasteiger partial charge in [-0.2, -0.15) is 0 Å². The highest BCUT2D eigenvalue weighted by molar-refractivity contribution is 7.14. The maximum absolute atomic E-state index is 10.9. The quantitative estimate of drug-likeness (QED) is 0.838. The molecule has 0 bridgehead atoms. The number of hydrogen-bond acceptors (Lipinski definition) is 3. The van der Waals surface area contributed by atoms with Crippen molar-refractivity contribution in [3.8, 4) is 5.75 Å². The molecule has 0 saturated carbocycles. The van der Waals surface area contributed by atoms with Crippen LogP contribution >= 0.6 is 11.3 Å². The van der Waals surface area contributed by atoms with Crippen molar-refractivity contribution in [1.29, 1.82) is 0 Å². The van der Waals surface area contributed by atoms with Crippen LogP contribution in [0.1, 0.15) is 35.3 Å². The summed E-state index contributed by atoms with van der Waals surface area (Å²) < 4.78 is 5.42. The molecule has 0 amide bonds. The van der Waals surface area contributed by atoms with Crippen molar-refractivity contribution in [2.24, 2.45) is 0 Å². The van der Waals surface area contributed by atoms with Crippen LogP contribution in [0.3, 0.4) is 0 Å². The van der Waals surface area contributed by atoms with E-state index in [0.717, 1.165) is 11.3 Å². The Morgan fingerprint density at radius 1 is 1.64 bits per heavy atom. The molecule has 0 aliphatic carbocycles. The van der Waals surface area contributed by atoms with Gasteiger partial charge >= 0.3 is 5.97 Å². The van der Waals surface area contributed by atoms with E-state index in [-0.39, 0.29) is 6.10 Å². The zero-order valence-corrected chi connectivity index (χ0v) is 9.35. The monoisotopic (exact) mass is 214 g/mol. The van der Waals surface area contributed by atoms with Gasteiger partial charge in [0, 0.05) is 4.88 Å². The number of rotatable bonds is 4. The molecule has 1 heterocycles. The fourth-order valence-corrected chi connectivity index (χ4v) is 1.95. The smallest absolute Gasteiger partial charge is 0.349 e. The van der Waals surface area contributed by atoms with Crippen LogP contribution in [0.4, 0.5) is 0 Å². The Morgan fingerprint density at radius 3 is 2.71 bits per heavy atom. The third kappa shape index (κ3) is 2.48. The fraction of sp³-hybridized carbons (Fsp3) is 0.500. The number of hydrogen-bond donors (Lipinski definition) is 1. The minimum Gasteiger partial charge on any atom is -0.489 e. The molecular weight excluding hydrogens is 200 g/mol. The highest BCUT2D eigenvalue weighted by Crippen LogP contribution is 2.30. The number of carboxylic acids is 1. The zero-order valence-electron chi connectivity index (χ0n) is 8.53. The molecule has 1 rings (SSSR count). The second-order valence-electron chi connectivity index (χ2n) is 3.23. The summed E-state index contributed by atoms with van der Waals surface area (Å²) in [5.74, 6) is -0.417. The van der Waals surface area contributed by atoms with Crippen molar-refractivity contribution in [1.82, 2.24) is 0 Å². The molecule has 78 valence electrons. The van der Waals surface area contributed by atoms with Crippen LogP contribution in [0.15, 0.2) is 6.07 Å². The lowest BCUT2D eigenvalue weighted by Crippen LogP contribution is -2.07. The van der Waals surface area contributed by atoms with E-state index in [9.17, 15) is 4.79 Å². The van der Waals surface area contributed by atoms with Crippen molar-refractivity contribution in [3.63, 3.8) is 0 Å². The minimum absolute atomic E-state index is 0.00686. The Balaban J connectivity index is 2.99. The van der Waals surface area contributed by atoms with E-state index in [0.29, 0.717) is 10.6 Å². The van der Waals surface area contributed by atoms with Gasteiger partial charge in [-0.25, -0.2) is 4.79 Å². The van der Waals surface area contributed by atoms with Crippen molar-refractivity contribution < 1.29 is 14.6 Å². The molecule has 0 aromatic carbocycles. The molecule has 0 atom stereocenters. The first kappa shape index (κ1) is 11.0. The first-order valence-corrected chi connectivity index (χ1v) is 5.39. The van der Waals surface area contributed by atoms with Gasteiger partial charge in [-0.1, -0.05) is 6.92 Å². The van der Waals surface area contributed by atoms with Crippen LogP contribution in [0.5, 0.6) is 5.75 Å². The van der Waals surface area contributed by atoms with Gasteiger partial charge in [0.15, 0.2) is 4.88 Å². The van der Waals surface area contributed by atoms with Crippen molar-refractivity contribution in [2.75, 3.05) is 0 Å². The fourth-order valence-electron chi connectivity index (χ4n) is 1.09. The van der Waals surface area contributed by atoms with Crippen molar-refractivity contribution >= 4 is 17.3 Å². The lowest BCUT2D eigenvalue weighted by Gasteiger charge is -2.07. The number of carboxylic acid groups (broad SMARTS) is 1. The van der Waals surface area contributed by atoms with Gasteiger partial charge in [0.1, 0.15) is 5.75 Å². The van der Waals surface area contributed by atoms with Gasteiger partial charge < -0.3 is 9.84 Å². The second-order valence-corrected chi connectivity index (χ2v) is 4.37. The molecule has 0 fully saturated rings. The molecule has 0 radical (unpaired) electrons. The summed E-state index contributed by atoms with van der Waals surface area (Å²) in [5.41, 5.74) is 0. The summed E-state index contributed by atoms with van der Waals surface area (Å²) in [6.45, 7) is 5.76. The zero-order chi connectivity index (χ0) is 10.7. The summed E-state index contributed by atoms with van der Waals surface area (Å²) >= 11 is 1.29. The molecule has 14 heavy (non-hydrogen) atoms. The normalized spacial score (nSPS) is 10.6. The van der Waals surface area contributed by atoms with Crippen molar-refractivity contribution in [3.05, 3.63) is 15.8 Å². The van der Waals surface area contributed by atoms with E-state index in [1.165, 1.54) is 11.3 Å². The third-order valence-electron chi connectivity index (χ3n) is 1.65. The van der Waals surface area contributed by atoms with Crippen LogP contribution in [0.25, 0.3) is 0 Å². The summed E-state index contributed by atoms with van der Waals surface area (Å²) in [5, 5.41) is 8.92. The average Bonchev–Trinajstić information content (AvgIpc) is 2.46. The minimum atomic E-state index is -0.912. The highest BCUT2D eigenvalue weighted by atomic mass is 32.1. The molecule has 4 heteroatoms.